The molecule has 0 aliphatic heterocycles. The number of ether oxygens (including phenoxy) is 1. The van der Waals surface area contributed by atoms with Crippen LogP contribution in [0.3, 0.4) is 0 Å². The predicted octanol–water partition coefficient (Wildman–Crippen LogP) is 3.23. The minimum Gasteiger partial charge on any atom is -0.492 e. The lowest BCUT2D eigenvalue weighted by Crippen LogP contribution is -2.10. The van der Waals surface area contributed by atoms with Crippen LogP contribution in [0.4, 0.5) is 0 Å². The summed E-state index contributed by atoms with van der Waals surface area (Å²) in [6, 6.07) is 6.30. The SMILES string of the molecule is CNCc1cccc(C)c1OCCSC(C)C. The van der Waals surface area contributed by atoms with Crippen molar-refractivity contribution in [1.82, 2.24) is 5.32 Å². The molecule has 17 heavy (non-hydrogen) atoms. The lowest BCUT2D eigenvalue weighted by Gasteiger charge is -2.14. The van der Waals surface area contributed by atoms with Gasteiger partial charge in [0.25, 0.3) is 0 Å². The minimum atomic E-state index is 0.673. The molecule has 1 aromatic rings. The zero-order chi connectivity index (χ0) is 12.7. The number of thioether (sulfide) groups is 1. The summed E-state index contributed by atoms with van der Waals surface area (Å²) in [4.78, 5) is 0. The zero-order valence-corrected chi connectivity index (χ0v) is 12.1. The van der Waals surface area contributed by atoms with E-state index < -0.39 is 0 Å². The third-order valence-corrected chi connectivity index (χ3v) is 3.51. The van der Waals surface area contributed by atoms with Crippen LogP contribution in [0.1, 0.15) is 25.0 Å². The molecule has 0 fully saturated rings. The molecule has 0 heterocycles. The van der Waals surface area contributed by atoms with Crippen LogP contribution in [0.2, 0.25) is 0 Å². The highest BCUT2D eigenvalue weighted by atomic mass is 32.2. The Kier molecular flexibility index (Phi) is 6.45. The van der Waals surface area contributed by atoms with Crippen molar-refractivity contribution in [1.29, 1.82) is 0 Å². The molecule has 1 rings (SSSR count). The molecule has 0 spiro atoms. The second-order valence-electron chi connectivity index (χ2n) is 4.36. The fourth-order valence-corrected chi connectivity index (χ4v) is 2.33. The van der Waals surface area contributed by atoms with Crippen LogP contribution in [0.5, 0.6) is 5.75 Å². The normalized spacial score (nSPS) is 10.9. The lowest BCUT2D eigenvalue weighted by molar-refractivity contribution is 0.337. The quantitative estimate of drug-likeness (QED) is 0.754. The summed E-state index contributed by atoms with van der Waals surface area (Å²) in [6.07, 6.45) is 0. The third-order valence-electron chi connectivity index (χ3n) is 2.44. The van der Waals surface area contributed by atoms with Gasteiger partial charge in [0.1, 0.15) is 5.75 Å². The fourth-order valence-electron chi connectivity index (χ4n) is 1.68. The molecule has 0 aromatic heterocycles. The number of aryl methyl sites for hydroxylation is 1. The van der Waals surface area contributed by atoms with Gasteiger partial charge in [0.05, 0.1) is 6.61 Å². The highest BCUT2D eigenvalue weighted by molar-refractivity contribution is 7.99. The topological polar surface area (TPSA) is 21.3 Å². The Bertz CT molecular complexity index is 339. The van der Waals surface area contributed by atoms with Crippen LogP contribution >= 0.6 is 11.8 Å². The molecule has 0 aliphatic carbocycles. The monoisotopic (exact) mass is 253 g/mol. The maximum atomic E-state index is 5.91. The van der Waals surface area contributed by atoms with E-state index in [1.807, 2.05) is 18.8 Å². The maximum absolute atomic E-state index is 5.91. The molecule has 0 aliphatic rings. The van der Waals surface area contributed by atoms with Crippen molar-refractivity contribution in [2.45, 2.75) is 32.6 Å². The van der Waals surface area contributed by atoms with E-state index in [2.05, 4.69) is 44.3 Å². The van der Waals surface area contributed by atoms with Crippen molar-refractivity contribution >= 4 is 11.8 Å². The molecule has 0 saturated heterocycles. The van der Waals surface area contributed by atoms with Gasteiger partial charge >= 0.3 is 0 Å². The maximum Gasteiger partial charge on any atom is 0.126 e. The van der Waals surface area contributed by atoms with Gasteiger partial charge in [-0.15, -0.1) is 0 Å². The third kappa shape index (κ3) is 5.00. The minimum absolute atomic E-state index is 0.673. The van der Waals surface area contributed by atoms with Crippen LogP contribution in [0.15, 0.2) is 18.2 Å². The molecule has 96 valence electrons. The molecule has 0 radical (unpaired) electrons. The average Bonchev–Trinajstić information content (AvgIpc) is 2.27. The molecular formula is C14H23NOS. The van der Waals surface area contributed by atoms with Gasteiger partial charge in [-0.2, -0.15) is 11.8 Å². The molecule has 0 atom stereocenters. The first kappa shape index (κ1) is 14.4. The summed E-state index contributed by atoms with van der Waals surface area (Å²) in [6.45, 7) is 8.17. The van der Waals surface area contributed by atoms with Crippen LogP contribution in [-0.2, 0) is 6.54 Å². The number of nitrogens with one attached hydrogen (secondary N) is 1. The Morgan fingerprint density at radius 2 is 2.12 bits per heavy atom. The van der Waals surface area contributed by atoms with Crippen molar-refractivity contribution in [3.63, 3.8) is 0 Å². The summed E-state index contributed by atoms with van der Waals surface area (Å²) in [5.74, 6) is 2.09. The Labute approximate surface area is 109 Å². The van der Waals surface area contributed by atoms with E-state index in [1.165, 1.54) is 11.1 Å². The summed E-state index contributed by atoms with van der Waals surface area (Å²) in [5, 5.41) is 3.85. The van der Waals surface area contributed by atoms with Crippen LogP contribution in [-0.4, -0.2) is 24.7 Å². The predicted molar refractivity (Wildman–Crippen MR) is 77.0 cm³/mol. The van der Waals surface area contributed by atoms with Crippen LogP contribution < -0.4 is 10.1 Å². The van der Waals surface area contributed by atoms with Crippen LogP contribution in [0.25, 0.3) is 0 Å². The first-order chi connectivity index (χ1) is 8.15. The van der Waals surface area contributed by atoms with E-state index in [0.717, 1.165) is 24.7 Å². The zero-order valence-electron chi connectivity index (χ0n) is 11.2. The van der Waals surface area contributed by atoms with Gasteiger partial charge in [-0.25, -0.2) is 0 Å². The largest absolute Gasteiger partial charge is 0.492 e. The van der Waals surface area contributed by atoms with Gasteiger partial charge < -0.3 is 10.1 Å². The van der Waals surface area contributed by atoms with Crippen molar-refractivity contribution in [2.24, 2.45) is 0 Å². The molecule has 0 unspecified atom stereocenters. The Hall–Kier alpha value is -0.670. The summed E-state index contributed by atoms with van der Waals surface area (Å²) in [5.41, 5.74) is 2.45. The Morgan fingerprint density at radius 1 is 1.35 bits per heavy atom. The highest BCUT2D eigenvalue weighted by Crippen LogP contribution is 2.23. The van der Waals surface area contributed by atoms with Gasteiger partial charge in [-0.3, -0.25) is 0 Å². The molecular weight excluding hydrogens is 230 g/mol. The Balaban J connectivity index is 2.56. The molecule has 0 bridgehead atoms. The first-order valence-electron chi connectivity index (χ1n) is 6.12. The van der Waals surface area contributed by atoms with Crippen molar-refractivity contribution in [2.75, 3.05) is 19.4 Å². The number of benzene rings is 1. The van der Waals surface area contributed by atoms with Gasteiger partial charge in [-0.05, 0) is 24.8 Å². The number of rotatable bonds is 7. The summed E-state index contributed by atoms with van der Waals surface area (Å²) < 4.78 is 5.91. The molecule has 1 N–H and O–H groups in total. The standard InChI is InChI=1S/C14H23NOS/c1-11(2)17-9-8-16-14-12(3)6-5-7-13(14)10-15-4/h5-7,11,15H,8-10H2,1-4H3. The van der Waals surface area contributed by atoms with Crippen molar-refractivity contribution < 1.29 is 4.74 Å². The lowest BCUT2D eigenvalue weighted by atomic mass is 10.1. The molecule has 1 aromatic carbocycles. The summed E-state index contributed by atoms with van der Waals surface area (Å²) in [7, 11) is 1.96. The molecule has 2 nitrogen and oxygen atoms in total. The fraction of sp³-hybridized carbons (Fsp3) is 0.571. The van der Waals surface area contributed by atoms with Gasteiger partial charge in [0.2, 0.25) is 0 Å². The van der Waals surface area contributed by atoms with E-state index in [-0.39, 0.29) is 0 Å². The van der Waals surface area contributed by atoms with Gasteiger partial charge in [-0.1, -0.05) is 32.0 Å². The van der Waals surface area contributed by atoms with E-state index >= 15 is 0 Å². The van der Waals surface area contributed by atoms with E-state index in [0.29, 0.717) is 5.25 Å². The molecule has 0 saturated carbocycles. The van der Waals surface area contributed by atoms with E-state index in [1.54, 1.807) is 0 Å². The second-order valence-corrected chi connectivity index (χ2v) is 6.05. The Morgan fingerprint density at radius 3 is 2.76 bits per heavy atom. The van der Waals surface area contributed by atoms with Gasteiger partial charge in [0, 0.05) is 17.9 Å². The first-order valence-corrected chi connectivity index (χ1v) is 7.17. The van der Waals surface area contributed by atoms with E-state index in [4.69, 9.17) is 4.74 Å². The van der Waals surface area contributed by atoms with E-state index in [9.17, 15) is 0 Å². The second kappa shape index (κ2) is 7.62. The average molecular weight is 253 g/mol. The highest BCUT2D eigenvalue weighted by Gasteiger charge is 2.06. The number of para-hydroxylation sites is 1. The van der Waals surface area contributed by atoms with Crippen LogP contribution in [0, 0.1) is 6.92 Å². The number of hydrogen-bond donors (Lipinski definition) is 1. The van der Waals surface area contributed by atoms with Gasteiger partial charge in [0.15, 0.2) is 0 Å². The summed E-state index contributed by atoms with van der Waals surface area (Å²) >= 11 is 1.93. The number of hydrogen-bond acceptors (Lipinski definition) is 3. The molecule has 3 heteroatoms. The smallest absolute Gasteiger partial charge is 0.126 e. The van der Waals surface area contributed by atoms with Crippen molar-refractivity contribution in [3.05, 3.63) is 29.3 Å². The molecule has 0 amide bonds. The van der Waals surface area contributed by atoms with Crippen molar-refractivity contribution in [3.8, 4) is 5.75 Å².